The van der Waals surface area contributed by atoms with Gasteiger partial charge in [-0.15, -0.1) is 0 Å². The second kappa shape index (κ2) is 10.3. The van der Waals surface area contributed by atoms with Gasteiger partial charge in [0.15, 0.2) is 5.82 Å². The molecule has 0 saturated carbocycles. The molecule has 0 unspecified atom stereocenters. The van der Waals surface area contributed by atoms with Crippen molar-refractivity contribution in [3.8, 4) is 33.8 Å². The smallest absolute Gasteiger partial charge is 0.160 e. The topological polar surface area (TPSA) is 38.9 Å². The van der Waals surface area contributed by atoms with Crippen LogP contribution in [0.1, 0.15) is 22.3 Å². The number of nitrogens with zero attached hydrogens (tertiary/aromatic N) is 2. The van der Waals surface area contributed by atoms with E-state index in [4.69, 9.17) is 14.4 Å². The number of aromatic nitrogens is 2. The Kier molecular flexibility index (Phi) is 5.79. The highest BCUT2D eigenvalue weighted by Crippen LogP contribution is 2.56. The molecule has 1 aliphatic carbocycles. The highest BCUT2D eigenvalue weighted by Gasteiger charge is 2.46. The third-order valence-electron chi connectivity index (χ3n) is 9.99. The van der Waals surface area contributed by atoms with Gasteiger partial charge < -0.3 is 4.42 Å². The molecule has 2 aromatic heterocycles. The Morgan fingerprint density at radius 3 is 1.79 bits per heavy atom. The van der Waals surface area contributed by atoms with Gasteiger partial charge in [0.1, 0.15) is 11.2 Å². The molecule has 0 aliphatic heterocycles. The molecular formula is C45H28N2O. The Hall–Kier alpha value is -6.32. The number of benzene rings is 7. The van der Waals surface area contributed by atoms with Crippen molar-refractivity contribution < 1.29 is 4.42 Å². The van der Waals surface area contributed by atoms with E-state index in [1.54, 1.807) is 0 Å². The third-order valence-corrected chi connectivity index (χ3v) is 9.99. The van der Waals surface area contributed by atoms with Crippen molar-refractivity contribution >= 4 is 32.8 Å². The highest BCUT2D eigenvalue weighted by atomic mass is 16.3. The molecule has 0 radical (unpaired) electrons. The fourth-order valence-electron chi connectivity index (χ4n) is 7.87. The Morgan fingerprint density at radius 1 is 0.417 bits per heavy atom. The molecule has 0 amide bonds. The minimum Gasteiger partial charge on any atom is -0.456 e. The SMILES string of the molecule is c1ccc(-c2nc(-c3ccc(C4(c5ccc6c(c5)oc5ccccc56)c5ccccc5-c5ccccc54)cc3)nc3ccccc23)cc1. The lowest BCUT2D eigenvalue weighted by Gasteiger charge is -2.34. The zero-order chi connectivity index (χ0) is 31.7. The molecule has 1 aliphatic rings. The first-order valence-electron chi connectivity index (χ1n) is 16.3. The summed E-state index contributed by atoms with van der Waals surface area (Å²) in [5.74, 6) is 0.712. The maximum atomic E-state index is 6.45. The van der Waals surface area contributed by atoms with Gasteiger partial charge in [-0.3, -0.25) is 0 Å². The largest absolute Gasteiger partial charge is 0.456 e. The Bertz CT molecular complexity index is 2630. The fourth-order valence-corrected chi connectivity index (χ4v) is 7.87. The molecule has 10 rings (SSSR count). The molecule has 224 valence electrons. The van der Waals surface area contributed by atoms with Crippen LogP contribution in [0.2, 0.25) is 0 Å². The summed E-state index contributed by atoms with van der Waals surface area (Å²) in [5, 5.41) is 3.31. The van der Waals surface area contributed by atoms with Gasteiger partial charge in [0.2, 0.25) is 0 Å². The van der Waals surface area contributed by atoms with Gasteiger partial charge >= 0.3 is 0 Å². The molecule has 48 heavy (non-hydrogen) atoms. The molecule has 0 N–H and O–H groups in total. The second-order valence-corrected chi connectivity index (χ2v) is 12.5. The van der Waals surface area contributed by atoms with Crippen molar-refractivity contribution in [3.05, 3.63) is 192 Å². The summed E-state index contributed by atoms with van der Waals surface area (Å²) in [6, 6.07) is 60.2. The molecule has 0 atom stereocenters. The fraction of sp³-hybridized carbons (Fsp3) is 0.0222. The van der Waals surface area contributed by atoms with Crippen LogP contribution in [0.5, 0.6) is 0 Å². The Morgan fingerprint density at radius 2 is 1.02 bits per heavy atom. The van der Waals surface area contributed by atoms with Crippen molar-refractivity contribution in [1.29, 1.82) is 0 Å². The van der Waals surface area contributed by atoms with E-state index < -0.39 is 5.41 Å². The molecule has 0 bridgehead atoms. The first-order valence-corrected chi connectivity index (χ1v) is 16.3. The van der Waals surface area contributed by atoms with Gasteiger partial charge in [0.05, 0.1) is 16.6 Å². The number of para-hydroxylation sites is 2. The number of rotatable bonds is 4. The summed E-state index contributed by atoms with van der Waals surface area (Å²) < 4.78 is 6.45. The predicted molar refractivity (Wildman–Crippen MR) is 195 cm³/mol. The summed E-state index contributed by atoms with van der Waals surface area (Å²) in [4.78, 5) is 10.2. The van der Waals surface area contributed by atoms with Gasteiger partial charge in [0.25, 0.3) is 0 Å². The lowest BCUT2D eigenvalue weighted by molar-refractivity contribution is 0.665. The summed E-state index contributed by atoms with van der Waals surface area (Å²) in [5.41, 5.74) is 12.6. The predicted octanol–water partition coefficient (Wildman–Crippen LogP) is 11.2. The molecule has 3 nitrogen and oxygen atoms in total. The lowest BCUT2D eigenvalue weighted by Crippen LogP contribution is -2.28. The van der Waals surface area contributed by atoms with E-state index in [9.17, 15) is 0 Å². The molecule has 3 heteroatoms. The average Bonchev–Trinajstić information content (AvgIpc) is 3.68. The van der Waals surface area contributed by atoms with Gasteiger partial charge in [-0.05, 0) is 51.6 Å². The van der Waals surface area contributed by atoms with E-state index >= 15 is 0 Å². The van der Waals surface area contributed by atoms with Crippen LogP contribution in [0.15, 0.2) is 174 Å². The van der Waals surface area contributed by atoms with Gasteiger partial charge in [-0.2, -0.15) is 0 Å². The normalized spacial score (nSPS) is 13.2. The zero-order valence-electron chi connectivity index (χ0n) is 26.0. The number of hydrogen-bond acceptors (Lipinski definition) is 3. The summed E-state index contributed by atoms with van der Waals surface area (Å²) in [6.45, 7) is 0. The standard InChI is InChI=1S/C45H28N2O/c1-2-12-29(13-3-1)43-37-17-6-10-20-40(37)46-44(47-43)30-22-24-31(25-23-30)45(38-18-8-4-14-33(38)34-15-5-9-19-39(34)45)32-26-27-36-35-16-7-11-21-41(35)48-42(36)28-32/h1-28H. The van der Waals surface area contributed by atoms with Crippen LogP contribution < -0.4 is 0 Å². The first kappa shape index (κ1) is 26.9. The molecule has 9 aromatic rings. The quantitative estimate of drug-likeness (QED) is 0.198. The van der Waals surface area contributed by atoms with Crippen LogP contribution in [0.3, 0.4) is 0 Å². The van der Waals surface area contributed by atoms with Gasteiger partial charge in [-0.1, -0.05) is 152 Å². The maximum Gasteiger partial charge on any atom is 0.160 e. The van der Waals surface area contributed by atoms with Crippen LogP contribution in [-0.4, -0.2) is 9.97 Å². The van der Waals surface area contributed by atoms with E-state index in [2.05, 4.69) is 140 Å². The van der Waals surface area contributed by atoms with E-state index in [1.165, 1.54) is 33.4 Å². The minimum absolute atomic E-state index is 0.543. The summed E-state index contributed by atoms with van der Waals surface area (Å²) >= 11 is 0. The molecule has 0 saturated heterocycles. The molecule has 0 spiro atoms. The van der Waals surface area contributed by atoms with Crippen LogP contribution >= 0.6 is 0 Å². The minimum atomic E-state index is -0.543. The van der Waals surface area contributed by atoms with Crippen molar-refractivity contribution in [2.24, 2.45) is 0 Å². The Labute approximate surface area is 277 Å². The Balaban J connectivity index is 1.20. The van der Waals surface area contributed by atoms with Crippen LogP contribution in [0.25, 0.3) is 66.6 Å². The van der Waals surface area contributed by atoms with Crippen LogP contribution in [0, 0.1) is 0 Å². The van der Waals surface area contributed by atoms with E-state index in [1.807, 2.05) is 30.3 Å². The van der Waals surface area contributed by atoms with E-state index in [0.29, 0.717) is 5.82 Å². The van der Waals surface area contributed by atoms with Crippen molar-refractivity contribution in [1.82, 2.24) is 9.97 Å². The molecular weight excluding hydrogens is 585 g/mol. The van der Waals surface area contributed by atoms with Gasteiger partial charge in [-0.25, -0.2) is 9.97 Å². The molecule has 2 heterocycles. The van der Waals surface area contributed by atoms with E-state index in [0.717, 1.165) is 49.7 Å². The average molecular weight is 613 g/mol. The number of hydrogen-bond donors (Lipinski definition) is 0. The summed E-state index contributed by atoms with van der Waals surface area (Å²) in [7, 11) is 0. The first-order chi connectivity index (χ1) is 23.8. The number of furan rings is 1. The lowest BCUT2D eigenvalue weighted by atomic mass is 9.67. The van der Waals surface area contributed by atoms with Crippen LogP contribution in [0.4, 0.5) is 0 Å². The molecule has 0 fully saturated rings. The highest BCUT2D eigenvalue weighted by molar-refractivity contribution is 6.05. The van der Waals surface area contributed by atoms with E-state index in [-0.39, 0.29) is 0 Å². The monoisotopic (exact) mass is 612 g/mol. The zero-order valence-corrected chi connectivity index (χ0v) is 26.0. The van der Waals surface area contributed by atoms with Crippen molar-refractivity contribution in [2.45, 2.75) is 5.41 Å². The van der Waals surface area contributed by atoms with Crippen molar-refractivity contribution in [3.63, 3.8) is 0 Å². The van der Waals surface area contributed by atoms with Gasteiger partial charge in [0, 0.05) is 27.3 Å². The third kappa shape index (κ3) is 3.82. The number of fused-ring (bicyclic) bond motifs is 7. The summed E-state index contributed by atoms with van der Waals surface area (Å²) in [6.07, 6.45) is 0. The maximum absolute atomic E-state index is 6.45. The molecule has 7 aromatic carbocycles. The van der Waals surface area contributed by atoms with Crippen molar-refractivity contribution in [2.75, 3.05) is 0 Å². The second-order valence-electron chi connectivity index (χ2n) is 12.5. The van der Waals surface area contributed by atoms with Crippen LogP contribution in [-0.2, 0) is 5.41 Å².